The summed E-state index contributed by atoms with van der Waals surface area (Å²) in [5.74, 6) is 0. The predicted octanol–water partition coefficient (Wildman–Crippen LogP) is 2.85. The SMILES string of the molecule is COC(=O)N1CCN(c2c(C)cc(C)cc2Cl)CC1. The van der Waals surface area contributed by atoms with Crippen molar-refractivity contribution in [1.82, 2.24) is 4.90 Å². The van der Waals surface area contributed by atoms with E-state index in [4.69, 9.17) is 16.3 Å². The van der Waals surface area contributed by atoms with E-state index in [1.165, 1.54) is 18.2 Å². The Hall–Kier alpha value is -1.42. The van der Waals surface area contributed by atoms with Crippen LogP contribution in [0.4, 0.5) is 10.5 Å². The molecule has 0 aromatic heterocycles. The van der Waals surface area contributed by atoms with Gasteiger partial charge >= 0.3 is 6.09 Å². The second kappa shape index (κ2) is 5.70. The fourth-order valence-corrected chi connectivity index (χ4v) is 2.99. The van der Waals surface area contributed by atoms with Crippen LogP contribution in [0, 0.1) is 13.8 Å². The molecule has 4 nitrogen and oxygen atoms in total. The highest BCUT2D eigenvalue weighted by Gasteiger charge is 2.23. The van der Waals surface area contributed by atoms with Crippen LogP contribution in [0.1, 0.15) is 11.1 Å². The van der Waals surface area contributed by atoms with E-state index in [9.17, 15) is 4.79 Å². The van der Waals surface area contributed by atoms with Crippen LogP contribution in [0.3, 0.4) is 0 Å². The number of halogens is 1. The molecule has 1 heterocycles. The molecule has 1 amide bonds. The standard InChI is InChI=1S/C14H19ClN2O2/c1-10-8-11(2)13(12(15)9-10)16-4-6-17(7-5-16)14(18)19-3/h8-9H,4-7H2,1-3H3. The molecule has 0 saturated carbocycles. The molecule has 5 heteroatoms. The third kappa shape index (κ3) is 2.95. The molecule has 1 aromatic rings. The van der Waals surface area contributed by atoms with Gasteiger partial charge < -0.3 is 14.5 Å². The zero-order valence-corrected chi connectivity index (χ0v) is 12.3. The van der Waals surface area contributed by atoms with Crippen molar-refractivity contribution in [3.63, 3.8) is 0 Å². The largest absolute Gasteiger partial charge is 0.453 e. The second-order valence-corrected chi connectivity index (χ2v) is 5.26. The maximum Gasteiger partial charge on any atom is 0.409 e. The molecular weight excluding hydrogens is 264 g/mol. The summed E-state index contributed by atoms with van der Waals surface area (Å²) in [5, 5.41) is 0.781. The second-order valence-electron chi connectivity index (χ2n) is 4.86. The lowest BCUT2D eigenvalue weighted by atomic mass is 10.1. The van der Waals surface area contributed by atoms with Crippen molar-refractivity contribution in [3.05, 3.63) is 28.3 Å². The van der Waals surface area contributed by atoms with E-state index in [1.54, 1.807) is 4.90 Å². The first-order valence-electron chi connectivity index (χ1n) is 6.37. The molecule has 1 aliphatic heterocycles. The first-order valence-corrected chi connectivity index (χ1v) is 6.75. The first-order chi connectivity index (χ1) is 9.02. The highest BCUT2D eigenvalue weighted by molar-refractivity contribution is 6.33. The Morgan fingerprint density at radius 2 is 1.84 bits per heavy atom. The summed E-state index contributed by atoms with van der Waals surface area (Å²) in [7, 11) is 1.41. The molecule has 0 spiro atoms. The molecule has 0 unspecified atom stereocenters. The maximum absolute atomic E-state index is 11.4. The molecule has 1 aromatic carbocycles. The van der Waals surface area contributed by atoms with Crippen LogP contribution in [0.5, 0.6) is 0 Å². The fraction of sp³-hybridized carbons (Fsp3) is 0.500. The Morgan fingerprint density at radius 1 is 1.21 bits per heavy atom. The van der Waals surface area contributed by atoms with Gasteiger partial charge in [0.25, 0.3) is 0 Å². The lowest BCUT2D eigenvalue weighted by Gasteiger charge is -2.36. The summed E-state index contributed by atoms with van der Waals surface area (Å²) in [6, 6.07) is 4.12. The Morgan fingerprint density at radius 3 is 2.37 bits per heavy atom. The van der Waals surface area contributed by atoms with Gasteiger partial charge in [-0.1, -0.05) is 17.7 Å². The smallest absolute Gasteiger partial charge is 0.409 e. The fourth-order valence-electron chi connectivity index (χ4n) is 2.55. The van der Waals surface area contributed by atoms with Crippen molar-refractivity contribution < 1.29 is 9.53 Å². The molecule has 1 saturated heterocycles. The normalized spacial score (nSPS) is 15.6. The summed E-state index contributed by atoms with van der Waals surface area (Å²) in [6.45, 7) is 6.99. The minimum absolute atomic E-state index is 0.258. The van der Waals surface area contributed by atoms with Gasteiger partial charge in [-0.2, -0.15) is 0 Å². The molecule has 2 rings (SSSR count). The van der Waals surface area contributed by atoms with Crippen molar-refractivity contribution in [3.8, 4) is 0 Å². The van der Waals surface area contributed by atoms with Gasteiger partial charge in [0.1, 0.15) is 0 Å². The number of rotatable bonds is 1. The molecular formula is C14H19ClN2O2. The molecule has 0 radical (unpaired) electrons. The van der Waals surface area contributed by atoms with E-state index < -0.39 is 0 Å². The lowest BCUT2D eigenvalue weighted by Crippen LogP contribution is -2.49. The van der Waals surface area contributed by atoms with Crippen molar-refractivity contribution >= 4 is 23.4 Å². The molecule has 1 fully saturated rings. The summed E-state index contributed by atoms with van der Waals surface area (Å²) in [5.41, 5.74) is 3.42. The van der Waals surface area contributed by atoms with E-state index in [-0.39, 0.29) is 6.09 Å². The zero-order valence-electron chi connectivity index (χ0n) is 11.6. The number of hydrogen-bond donors (Lipinski definition) is 0. The van der Waals surface area contributed by atoms with Gasteiger partial charge in [-0.25, -0.2) is 4.79 Å². The summed E-state index contributed by atoms with van der Waals surface area (Å²) < 4.78 is 4.74. The minimum Gasteiger partial charge on any atom is -0.453 e. The van der Waals surface area contributed by atoms with E-state index >= 15 is 0 Å². The lowest BCUT2D eigenvalue weighted by molar-refractivity contribution is 0.121. The Balaban J connectivity index is 2.12. The number of piperazine rings is 1. The number of ether oxygens (including phenoxy) is 1. The van der Waals surface area contributed by atoms with E-state index in [1.807, 2.05) is 13.0 Å². The number of amides is 1. The van der Waals surface area contributed by atoms with Gasteiger partial charge in [0, 0.05) is 26.2 Å². The van der Waals surface area contributed by atoms with E-state index in [2.05, 4.69) is 17.9 Å². The number of carbonyl (C=O) groups excluding carboxylic acids is 1. The molecule has 0 aliphatic carbocycles. The van der Waals surface area contributed by atoms with Crippen LogP contribution in [0.2, 0.25) is 5.02 Å². The van der Waals surface area contributed by atoms with Crippen molar-refractivity contribution in [2.75, 3.05) is 38.2 Å². The Kier molecular flexibility index (Phi) is 4.20. The number of methoxy groups -OCH3 is 1. The highest BCUT2D eigenvalue weighted by Crippen LogP contribution is 2.31. The van der Waals surface area contributed by atoms with Crippen LogP contribution in [-0.2, 0) is 4.74 Å². The predicted molar refractivity (Wildman–Crippen MR) is 77.1 cm³/mol. The monoisotopic (exact) mass is 282 g/mol. The quantitative estimate of drug-likeness (QED) is 0.794. The highest BCUT2D eigenvalue weighted by atomic mass is 35.5. The van der Waals surface area contributed by atoms with Crippen molar-refractivity contribution in [2.24, 2.45) is 0 Å². The minimum atomic E-state index is -0.258. The molecule has 19 heavy (non-hydrogen) atoms. The Labute approximate surface area is 118 Å². The number of benzene rings is 1. The zero-order chi connectivity index (χ0) is 14.0. The number of aryl methyl sites for hydroxylation is 2. The molecule has 0 N–H and O–H groups in total. The van der Waals surface area contributed by atoms with Gasteiger partial charge in [-0.15, -0.1) is 0 Å². The average Bonchev–Trinajstić information content (AvgIpc) is 2.37. The van der Waals surface area contributed by atoms with Crippen LogP contribution in [-0.4, -0.2) is 44.3 Å². The van der Waals surface area contributed by atoms with Crippen LogP contribution >= 0.6 is 11.6 Å². The third-order valence-electron chi connectivity index (χ3n) is 3.43. The van der Waals surface area contributed by atoms with Gasteiger partial charge in [0.05, 0.1) is 17.8 Å². The molecule has 1 aliphatic rings. The Bertz CT molecular complexity index is 459. The summed E-state index contributed by atoms with van der Waals surface area (Å²) in [6.07, 6.45) is -0.258. The number of nitrogens with zero attached hydrogens (tertiary/aromatic N) is 2. The summed E-state index contributed by atoms with van der Waals surface area (Å²) >= 11 is 6.35. The van der Waals surface area contributed by atoms with Gasteiger partial charge in [-0.05, 0) is 31.0 Å². The third-order valence-corrected chi connectivity index (χ3v) is 3.72. The van der Waals surface area contributed by atoms with Crippen LogP contribution in [0.25, 0.3) is 0 Å². The first kappa shape index (κ1) is 14.0. The molecule has 104 valence electrons. The van der Waals surface area contributed by atoms with Crippen LogP contribution in [0.15, 0.2) is 12.1 Å². The molecule has 0 bridgehead atoms. The van der Waals surface area contributed by atoms with Crippen molar-refractivity contribution in [1.29, 1.82) is 0 Å². The van der Waals surface area contributed by atoms with E-state index in [0.717, 1.165) is 23.8 Å². The summed E-state index contributed by atoms with van der Waals surface area (Å²) in [4.78, 5) is 15.4. The number of carbonyl (C=O) groups is 1. The van der Waals surface area contributed by atoms with Gasteiger partial charge in [0.2, 0.25) is 0 Å². The molecule has 0 atom stereocenters. The topological polar surface area (TPSA) is 32.8 Å². The number of hydrogen-bond acceptors (Lipinski definition) is 3. The average molecular weight is 283 g/mol. The van der Waals surface area contributed by atoms with E-state index in [0.29, 0.717) is 13.1 Å². The van der Waals surface area contributed by atoms with Gasteiger partial charge in [-0.3, -0.25) is 0 Å². The van der Waals surface area contributed by atoms with Crippen molar-refractivity contribution in [2.45, 2.75) is 13.8 Å². The number of anilines is 1. The van der Waals surface area contributed by atoms with Crippen LogP contribution < -0.4 is 4.90 Å². The maximum atomic E-state index is 11.4. The van der Waals surface area contributed by atoms with Gasteiger partial charge in [0.15, 0.2) is 0 Å².